The smallest absolute Gasteiger partial charge is 0.150 e. The van der Waals surface area contributed by atoms with Gasteiger partial charge in [0.2, 0.25) is 0 Å². The second-order valence-corrected chi connectivity index (χ2v) is 4.65. The molecule has 1 heterocycles. The van der Waals surface area contributed by atoms with Crippen LogP contribution < -0.4 is 5.32 Å². The van der Waals surface area contributed by atoms with Crippen LogP contribution in [-0.2, 0) is 6.54 Å². The molecule has 0 spiro atoms. The molecule has 0 amide bonds. The zero-order valence-corrected chi connectivity index (χ0v) is 10.9. The molecule has 0 saturated carbocycles. The van der Waals surface area contributed by atoms with Crippen LogP contribution in [0.4, 0.5) is 4.39 Å². The summed E-state index contributed by atoms with van der Waals surface area (Å²) in [5.74, 6) is -0.418. The van der Waals surface area contributed by atoms with Crippen molar-refractivity contribution < 1.29 is 4.39 Å². The minimum Gasteiger partial charge on any atom is -0.309 e. The van der Waals surface area contributed by atoms with Crippen LogP contribution in [0.2, 0.25) is 5.02 Å². The third kappa shape index (κ3) is 2.68. The number of aromatic nitrogens is 3. The highest BCUT2D eigenvalue weighted by atomic mass is 35.5. The molecule has 0 bridgehead atoms. The Hall–Kier alpha value is -1.46. The van der Waals surface area contributed by atoms with Crippen molar-refractivity contribution in [2.24, 2.45) is 0 Å². The van der Waals surface area contributed by atoms with Crippen molar-refractivity contribution in [1.82, 2.24) is 20.3 Å². The Morgan fingerprint density at radius 2 is 2.22 bits per heavy atom. The van der Waals surface area contributed by atoms with E-state index in [-0.39, 0.29) is 5.69 Å². The van der Waals surface area contributed by atoms with Crippen molar-refractivity contribution in [3.05, 3.63) is 40.9 Å². The monoisotopic (exact) mass is 268 g/mol. The first-order chi connectivity index (χ1) is 8.59. The third-order valence-electron chi connectivity index (χ3n) is 2.46. The van der Waals surface area contributed by atoms with Crippen LogP contribution in [0.5, 0.6) is 0 Å². The van der Waals surface area contributed by atoms with Crippen molar-refractivity contribution in [1.29, 1.82) is 0 Å². The summed E-state index contributed by atoms with van der Waals surface area (Å²) in [7, 11) is 0. The molecule has 4 nitrogen and oxygen atoms in total. The van der Waals surface area contributed by atoms with E-state index in [1.54, 1.807) is 18.3 Å². The van der Waals surface area contributed by atoms with Crippen LogP contribution in [-0.4, -0.2) is 21.0 Å². The van der Waals surface area contributed by atoms with Gasteiger partial charge in [-0.05, 0) is 12.1 Å². The average molecular weight is 269 g/mol. The predicted octanol–water partition coefficient (Wildman–Crippen LogP) is 2.56. The molecular weight excluding hydrogens is 255 g/mol. The Morgan fingerprint density at radius 1 is 1.44 bits per heavy atom. The highest BCUT2D eigenvalue weighted by Crippen LogP contribution is 2.23. The van der Waals surface area contributed by atoms with Crippen LogP contribution in [0.25, 0.3) is 5.69 Å². The fraction of sp³-hybridized carbons (Fsp3) is 0.333. The lowest BCUT2D eigenvalue weighted by Gasteiger charge is -2.11. The molecule has 96 valence electrons. The number of halogens is 2. The van der Waals surface area contributed by atoms with E-state index in [4.69, 9.17) is 11.6 Å². The molecule has 0 aliphatic heterocycles. The van der Waals surface area contributed by atoms with Gasteiger partial charge in [0, 0.05) is 12.6 Å². The molecule has 2 rings (SSSR count). The zero-order valence-electron chi connectivity index (χ0n) is 10.2. The normalized spacial score (nSPS) is 11.2. The van der Waals surface area contributed by atoms with E-state index in [1.807, 2.05) is 13.8 Å². The minimum atomic E-state index is -0.418. The summed E-state index contributed by atoms with van der Waals surface area (Å²) >= 11 is 6.01. The van der Waals surface area contributed by atoms with E-state index < -0.39 is 5.82 Å². The fourth-order valence-electron chi connectivity index (χ4n) is 1.57. The highest BCUT2D eigenvalue weighted by molar-refractivity contribution is 6.32. The van der Waals surface area contributed by atoms with Gasteiger partial charge in [-0.3, -0.25) is 0 Å². The van der Waals surface area contributed by atoms with E-state index in [1.165, 1.54) is 10.7 Å². The molecule has 1 aromatic heterocycles. The van der Waals surface area contributed by atoms with Crippen molar-refractivity contribution in [2.45, 2.75) is 26.4 Å². The summed E-state index contributed by atoms with van der Waals surface area (Å²) < 4.78 is 15.2. The molecule has 18 heavy (non-hydrogen) atoms. The summed E-state index contributed by atoms with van der Waals surface area (Å²) in [5, 5.41) is 11.2. The number of hydrogen-bond acceptors (Lipinski definition) is 3. The molecule has 1 N–H and O–H groups in total. The second kappa shape index (κ2) is 5.46. The molecule has 1 aromatic carbocycles. The van der Waals surface area contributed by atoms with Gasteiger partial charge >= 0.3 is 0 Å². The lowest BCUT2D eigenvalue weighted by atomic mass is 10.3. The van der Waals surface area contributed by atoms with Gasteiger partial charge in [-0.25, -0.2) is 9.07 Å². The molecular formula is C12H14ClFN4. The van der Waals surface area contributed by atoms with E-state index in [9.17, 15) is 4.39 Å². The Kier molecular flexibility index (Phi) is 3.93. The van der Waals surface area contributed by atoms with Gasteiger partial charge < -0.3 is 5.32 Å². The van der Waals surface area contributed by atoms with E-state index in [2.05, 4.69) is 15.6 Å². The summed E-state index contributed by atoms with van der Waals surface area (Å²) in [6.45, 7) is 4.61. The topological polar surface area (TPSA) is 42.7 Å². The first-order valence-corrected chi connectivity index (χ1v) is 6.04. The zero-order chi connectivity index (χ0) is 13.1. The first-order valence-electron chi connectivity index (χ1n) is 5.67. The lowest BCUT2D eigenvalue weighted by molar-refractivity contribution is 0.560. The van der Waals surface area contributed by atoms with Crippen LogP contribution in [0.1, 0.15) is 19.5 Å². The molecule has 0 radical (unpaired) electrons. The largest absolute Gasteiger partial charge is 0.309 e. The Bertz CT molecular complexity index is 518. The van der Waals surface area contributed by atoms with Crippen LogP contribution in [0.15, 0.2) is 24.4 Å². The second-order valence-electron chi connectivity index (χ2n) is 4.24. The van der Waals surface area contributed by atoms with Gasteiger partial charge in [0.1, 0.15) is 11.5 Å². The number of rotatable bonds is 4. The maximum Gasteiger partial charge on any atom is 0.150 e. The van der Waals surface area contributed by atoms with Crippen LogP contribution >= 0.6 is 11.6 Å². The van der Waals surface area contributed by atoms with E-state index >= 15 is 0 Å². The summed E-state index contributed by atoms with van der Waals surface area (Å²) in [6, 6.07) is 4.86. The van der Waals surface area contributed by atoms with Crippen molar-refractivity contribution >= 4 is 11.6 Å². The summed E-state index contributed by atoms with van der Waals surface area (Å²) in [4.78, 5) is 0. The maximum atomic E-state index is 13.8. The van der Waals surface area contributed by atoms with Gasteiger partial charge in [0.15, 0.2) is 0 Å². The number of para-hydroxylation sites is 1. The molecule has 0 aliphatic rings. The molecule has 2 aromatic rings. The van der Waals surface area contributed by atoms with Crippen molar-refractivity contribution in [3.63, 3.8) is 0 Å². The third-order valence-corrected chi connectivity index (χ3v) is 2.77. The van der Waals surface area contributed by atoms with Crippen molar-refractivity contribution in [3.8, 4) is 5.69 Å². The first kappa shape index (κ1) is 13.0. The average Bonchev–Trinajstić information content (AvgIpc) is 2.74. The quantitative estimate of drug-likeness (QED) is 0.927. The van der Waals surface area contributed by atoms with Crippen LogP contribution in [0, 0.1) is 5.82 Å². The number of benzene rings is 1. The summed E-state index contributed by atoms with van der Waals surface area (Å²) in [5.41, 5.74) is 0.993. The summed E-state index contributed by atoms with van der Waals surface area (Å²) in [6.07, 6.45) is 1.60. The SMILES string of the molecule is CC(C)NCc1cnnn1-c1c(F)cccc1Cl. The molecule has 0 fully saturated rings. The molecule has 0 atom stereocenters. The lowest BCUT2D eigenvalue weighted by Crippen LogP contribution is -2.23. The van der Waals surface area contributed by atoms with E-state index in [0.717, 1.165) is 5.69 Å². The Balaban J connectivity index is 2.36. The number of nitrogens with zero attached hydrogens (tertiary/aromatic N) is 3. The van der Waals surface area contributed by atoms with Crippen LogP contribution in [0.3, 0.4) is 0 Å². The highest BCUT2D eigenvalue weighted by Gasteiger charge is 2.14. The van der Waals surface area contributed by atoms with Gasteiger partial charge in [0.05, 0.1) is 16.9 Å². The van der Waals surface area contributed by atoms with E-state index in [0.29, 0.717) is 17.6 Å². The maximum absolute atomic E-state index is 13.8. The van der Waals surface area contributed by atoms with Gasteiger partial charge in [-0.2, -0.15) is 0 Å². The minimum absolute atomic E-state index is 0.234. The van der Waals surface area contributed by atoms with Gasteiger partial charge in [-0.1, -0.05) is 36.7 Å². The number of nitrogens with one attached hydrogen (secondary N) is 1. The Labute approximate surface area is 110 Å². The molecule has 0 unspecified atom stereocenters. The molecule has 0 aliphatic carbocycles. The Morgan fingerprint density at radius 3 is 2.89 bits per heavy atom. The predicted molar refractivity (Wildman–Crippen MR) is 68.3 cm³/mol. The molecule has 6 heteroatoms. The fourth-order valence-corrected chi connectivity index (χ4v) is 1.81. The van der Waals surface area contributed by atoms with Gasteiger partial charge in [0.25, 0.3) is 0 Å². The molecule has 0 saturated heterocycles. The number of hydrogen-bond donors (Lipinski definition) is 1. The van der Waals surface area contributed by atoms with Gasteiger partial charge in [-0.15, -0.1) is 5.10 Å². The standard InChI is InChI=1S/C12H14ClFN4/c1-8(2)15-6-9-7-16-17-18(9)12-10(13)4-3-5-11(12)14/h3-5,7-8,15H,6H2,1-2H3. The van der Waals surface area contributed by atoms with Crippen molar-refractivity contribution in [2.75, 3.05) is 0 Å².